The minimum Gasteiger partial charge on any atom is -0.488 e. The summed E-state index contributed by atoms with van der Waals surface area (Å²) < 4.78 is 19.1. The van der Waals surface area contributed by atoms with Crippen LogP contribution in [0.2, 0.25) is 0 Å². The Morgan fingerprint density at radius 2 is 2.25 bits per heavy atom. The molecule has 1 heterocycles. The van der Waals surface area contributed by atoms with Crippen LogP contribution in [0, 0.1) is 5.82 Å². The van der Waals surface area contributed by atoms with Crippen molar-refractivity contribution in [2.24, 2.45) is 0 Å². The molecule has 1 aromatic rings. The molecule has 0 radical (unpaired) electrons. The lowest BCUT2D eigenvalue weighted by Gasteiger charge is -2.25. The predicted molar refractivity (Wildman–Crippen MR) is 76.2 cm³/mol. The second-order valence-corrected chi connectivity index (χ2v) is 5.17. The van der Waals surface area contributed by atoms with E-state index in [1.807, 2.05) is 13.8 Å². The average Bonchev–Trinajstić information content (AvgIpc) is 2.37. The van der Waals surface area contributed by atoms with Crippen LogP contribution in [0.1, 0.15) is 26.7 Å². The zero-order valence-electron chi connectivity index (χ0n) is 11.7. The van der Waals surface area contributed by atoms with Gasteiger partial charge in [0.25, 0.3) is 0 Å². The second-order valence-electron chi connectivity index (χ2n) is 5.17. The Morgan fingerprint density at radius 3 is 2.90 bits per heavy atom. The number of nitrogens with one attached hydrogen (secondary N) is 2. The van der Waals surface area contributed by atoms with E-state index in [1.54, 1.807) is 0 Å². The van der Waals surface area contributed by atoms with Crippen LogP contribution in [-0.2, 0) is 4.79 Å². The Labute approximate surface area is 117 Å². The largest absolute Gasteiger partial charge is 0.488 e. The Kier molecular flexibility index (Phi) is 4.32. The first kappa shape index (κ1) is 14.4. The molecule has 1 fully saturated rings. The SMILES string of the molecule is CC(C)Oc1cc(NC2CCCNC2=O)c(N)cc1F. The fourth-order valence-corrected chi connectivity index (χ4v) is 2.14. The number of ether oxygens (including phenoxy) is 1. The Morgan fingerprint density at radius 1 is 1.50 bits per heavy atom. The Balaban J connectivity index is 2.19. The number of halogens is 1. The molecule has 0 spiro atoms. The van der Waals surface area contributed by atoms with E-state index in [9.17, 15) is 9.18 Å². The van der Waals surface area contributed by atoms with Gasteiger partial charge in [-0.05, 0) is 26.7 Å². The molecule has 20 heavy (non-hydrogen) atoms. The van der Waals surface area contributed by atoms with E-state index in [2.05, 4.69) is 10.6 Å². The molecule has 1 unspecified atom stereocenters. The van der Waals surface area contributed by atoms with Crippen molar-refractivity contribution in [2.45, 2.75) is 38.8 Å². The van der Waals surface area contributed by atoms with Crippen LogP contribution in [0.5, 0.6) is 5.75 Å². The molecule has 0 bridgehead atoms. The first-order valence-corrected chi connectivity index (χ1v) is 6.77. The van der Waals surface area contributed by atoms with Crippen molar-refractivity contribution in [2.75, 3.05) is 17.6 Å². The predicted octanol–water partition coefficient (Wildman–Crippen LogP) is 1.89. The van der Waals surface area contributed by atoms with Crippen LogP contribution < -0.4 is 21.1 Å². The highest BCUT2D eigenvalue weighted by molar-refractivity contribution is 5.86. The van der Waals surface area contributed by atoms with Gasteiger partial charge in [0, 0.05) is 18.7 Å². The third kappa shape index (κ3) is 3.31. The molecule has 0 saturated carbocycles. The summed E-state index contributed by atoms with van der Waals surface area (Å²) in [6.07, 6.45) is 1.49. The number of hydrogen-bond acceptors (Lipinski definition) is 4. The summed E-state index contributed by atoms with van der Waals surface area (Å²) in [5, 5.41) is 5.84. The van der Waals surface area contributed by atoms with Gasteiger partial charge >= 0.3 is 0 Å². The quantitative estimate of drug-likeness (QED) is 0.737. The van der Waals surface area contributed by atoms with Crippen molar-refractivity contribution in [3.63, 3.8) is 0 Å². The van der Waals surface area contributed by atoms with Gasteiger partial charge in [0.15, 0.2) is 11.6 Å². The van der Waals surface area contributed by atoms with E-state index < -0.39 is 5.82 Å². The van der Waals surface area contributed by atoms with Gasteiger partial charge in [-0.1, -0.05) is 0 Å². The smallest absolute Gasteiger partial charge is 0.242 e. The summed E-state index contributed by atoms with van der Waals surface area (Å²) >= 11 is 0. The van der Waals surface area contributed by atoms with Crippen LogP contribution in [0.4, 0.5) is 15.8 Å². The average molecular weight is 281 g/mol. The summed E-state index contributed by atoms with van der Waals surface area (Å²) in [6, 6.07) is 2.37. The van der Waals surface area contributed by atoms with E-state index in [4.69, 9.17) is 10.5 Å². The van der Waals surface area contributed by atoms with Crippen LogP contribution in [0.15, 0.2) is 12.1 Å². The molecule has 110 valence electrons. The van der Waals surface area contributed by atoms with Crippen molar-refractivity contribution in [1.29, 1.82) is 0 Å². The summed E-state index contributed by atoms with van der Waals surface area (Å²) in [5.41, 5.74) is 6.57. The number of amides is 1. The van der Waals surface area contributed by atoms with Gasteiger partial charge in [-0.15, -0.1) is 0 Å². The van der Waals surface area contributed by atoms with E-state index in [1.165, 1.54) is 12.1 Å². The second kappa shape index (κ2) is 5.98. The van der Waals surface area contributed by atoms with E-state index in [-0.39, 0.29) is 29.5 Å². The maximum absolute atomic E-state index is 13.7. The third-order valence-electron chi connectivity index (χ3n) is 3.08. The number of hydrogen-bond donors (Lipinski definition) is 3. The molecule has 1 atom stereocenters. The number of nitrogen functional groups attached to an aromatic ring is 1. The summed E-state index contributed by atoms with van der Waals surface area (Å²) in [7, 11) is 0. The molecule has 2 rings (SSSR count). The monoisotopic (exact) mass is 281 g/mol. The number of carbonyl (C=O) groups excluding carboxylic acids is 1. The molecular formula is C14H20FN3O2. The molecule has 1 amide bonds. The normalized spacial score (nSPS) is 18.8. The molecule has 1 aromatic carbocycles. The van der Waals surface area contributed by atoms with Crippen molar-refractivity contribution < 1.29 is 13.9 Å². The highest BCUT2D eigenvalue weighted by atomic mass is 19.1. The van der Waals surface area contributed by atoms with Crippen molar-refractivity contribution >= 4 is 17.3 Å². The van der Waals surface area contributed by atoms with Crippen molar-refractivity contribution in [1.82, 2.24) is 5.32 Å². The first-order valence-electron chi connectivity index (χ1n) is 6.77. The molecule has 1 saturated heterocycles. The highest BCUT2D eigenvalue weighted by Crippen LogP contribution is 2.30. The summed E-state index contributed by atoms with van der Waals surface area (Å²) in [6.45, 7) is 4.33. The maximum atomic E-state index is 13.7. The zero-order valence-corrected chi connectivity index (χ0v) is 11.7. The zero-order chi connectivity index (χ0) is 14.7. The number of carbonyl (C=O) groups is 1. The first-order chi connectivity index (χ1) is 9.47. The van der Waals surface area contributed by atoms with Gasteiger partial charge in [-0.2, -0.15) is 0 Å². The number of rotatable bonds is 4. The lowest BCUT2D eigenvalue weighted by Crippen LogP contribution is -2.44. The van der Waals surface area contributed by atoms with E-state index in [0.29, 0.717) is 12.2 Å². The van der Waals surface area contributed by atoms with Gasteiger partial charge in [0.2, 0.25) is 5.91 Å². The topological polar surface area (TPSA) is 76.4 Å². The molecule has 4 N–H and O–H groups in total. The number of benzene rings is 1. The molecule has 1 aliphatic heterocycles. The van der Waals surface area contributed by atoms with Gasteiger partial charge in [0.1, 0.15) is 6.04 Å². The van der Waals surface area contributed by atoms with Crippen LogP contribution >= 0.6 is 0 Å². The maximum Gasteiger partial charge on any atom is 0.242 e. The van der Waals surface area contributed by atoms with Gasteiger partial charge in [-0.3, -0.25) is 4.79 Å². The summed E-state index contributed by atoms with van der Waals surface area (Å²) in [4.78, 5) is 11.7. The molecular weight excluding hydrogens is 261 g/mol. The highest BCUT2D eigenvalue weighted by Gasteiger charge is 2.23. The fourth-order valence-electron chi connectivity index (χ4n) is 2.14. The Bertz CT molecular complexity index is 505. The summed E-state index contributed by atoms with van der Waals surface area (Å²) in [5.74, 6) is -0.436. The molecule has 0 aliphatic carbocycles. The van der Waals surface area contributed by atoms with Crippen LogP contribution in [-0.4, -0.2) is 24.6 Å². The van der Waals surface area contributed by atoms with Gasteiger partial charge in [0.05, 0.1) is 17.5 Å². The van der Waals surface area contributed by atoms with Crippen molar-refractivity contribution in [3.8, 4) is 5.75 Å². The van der Waals surface area contributed by atoms with Crippen LogP contribution in [0.3, 0.4) is 0 Å². The van der Waals surface area contributed by atoms with Crippen molar-refractivity contribution in [3.05, 3.63) is 17.9 Å². The van der Waals surface area contributed by atoms with Crippen LogP contribution in [0.25, 0.3) is 0 Å². The molecule has 1 aliphatic rings. The minimum absolute atomic E-state index is 0.0636. The number of piperidine rings is 1. The number of anilines is 2. The van der Waals surface area contributed by atoms with Gasteiger partial charge in [-0.25, -0.2) is 4.39 Å². The van der Waals surface area contributed by atoms with E-state index >= 15 is 0 Å². The van der Waals surface area contributed by atoms with E-state index in [0.717, 1.165) is 12.8 Å². The number of nitrogens with two attached hydrogens (primary N) is 1. The minimum atomic E-state index is -0.505. The third-order valence-corrected chi connectivity index (χ3v) is 3.08. The molecule has 5 nitrogen and oxygen atoms in total. The molecule has 0 aromatic heterocycles. The molecule has 6 heteroatoms. The Hall–Kier alpha value is -1.98. The standard InChI is InChI=1S/C14H20FN3O2/c1-8(2)20-13-7-12(10(16)6-9(13)15)18-11-4-3-5-17-14(11)19/h6-8,11,18H,3-5,16H2,1-2H3,(H,17,19). The lowest BCUT2D eigenvalue weighted by atomic mass is 10.1. The lowest BCUT2D eigenvalue weighted by molar-refractivity contribution is -0.123. The fraction of sp³-hybridized carbons (Fsp3) is 0.500. The van der Waals surface area contributed by atoms with Gasteiger partial charge < -0.3 is 21.1 Å².